The Kier molecular flexibility index (Phi) is 10.8. The van der Waals surface area contributed by atoms with Crippen molar-refractivity contribution in [1.82, 2.24) is 5.32 Å². The highest BCUT2D eigenvalue weighted by atomic mass is 79.9. The van der Waals surface area contributed by atoms with E-state index in [0.717, 1.165) is 40.0 Å². The molecule has 0 aliphatic rings. The Balaban J connectivity index is 2.22. The quantitative estimate of drug-likeness (QED) is 0.209. The maximum Gasteiger partial charge on any atom is 0.258 e. The van der Waals surface area contributed by atoms with Gasteiger partial charge in [-0.1, -0.05) is 42.8 Å². The molecule has 2 rings (SSSR count). The second kappa shape index (κ2) is 12.9. The van der Waals surface area contributed by atoms with E-state index in [1.54, 1.807) is 12.1 Å². The van der Waals surface area contributed by atoms with E-state index in [2.05, 4.69) is 46.7 Å². The molecule has 0 radical (unpaired) electrons. The first kappa shape index (κ1) is 30.1. The number of aromatic hydroxyl groups is 1. The minimum atomic E-state index is -3.59. The molecule has 3 N–H and O–H groups in total. The molecule has 0 aliphatic heterocycles. The number of rotatable bonds is 13. The summed E-state index contributed by atoms with van der Waals surface area (Å²) in [6.45, 7) is 10.3. The summed E-state index contributed by atoms with van der Waals surface area (Å²) in [5.41, 5.74) is 2.76. The number of phenolic OH excluding ortho intramolecular Hbond substituents is 1. The lowest BCUT2D eigenvalue weighted by atomic mass is 10.1. The number of nitrogens with one attached hydrogen (secondary N) is 2. The third-order valence-electron chi connectivity index (χ3n) is 6.28. The van der Waals surface area contributed by atoms with Crippen LogP contribution in [0.15, 0.2) is 34.8 Å². The van der Waals surface area contributed by atoms with Crippen LogP contribution in [0.25, 0.3) is 0 Å². The Bertz CT molecular complexity index is 1140. The van der Waals surface area contributed by atoms with E-state index in [1.807, 2.05) is 26.0 Å². The molecule has 2 aromatic carbocycles. The van der Waals surface area contributed by atoms with Crippen LogP contribution in [0.3, 0.4) is 0 Å². The summed E-state index contributed by atoms with van der Waals surface area (Å²) in [4.78, 5) is 12.7. The molecule has 2 aromatic rings. The minimum Gasteiger partial charge on any atom is -0.506 e. The molecular formula is C25H37BrN2O6SSi. The summed E-state index contributed by atoms with van der Waals surface area (Å²) in [6, 6.07) is 11.1. The molecule has 0 fully saturated rings. The van der Waals surface area contributed by atoms with Crippen LogP contribution in [0.2, 0.25) is 18.1 Å². The Hall–Kier alpha value is -2.08. The fourth-order valence-corrected chi connectivity index (χ4v) is 7.58. The number of sulfonamides is 1. The second-order valence-corrected chi connectivity index (χ2v) is 16.2. The zero-order valence-electron chi connectivity index (χ0n) is 21.8. The maximum absolute atomic E-state index is 12.7. The van der Waals surface area contributed by atoms with Crippen LogP contribution in [-0.4, -0.2) is 47.2 Å². The van der Waals surface area contributed by atoms with Gasteiger partial charge >= 0.3 is 0 Å². The van der Waals surface area contributed by atoms with Gasteiger partial charge in [0.1, 0.15) is 11.5 Å². The Morgan fingerprint density at radius 1 is 1.08 bits per heavy atom. The summed E-state index contributed by atoms with van der Waals surface area (Å²) in [6.07, 6.45) is 0.503. The lowest BCUT2D eigenvalue weighted by molar-refractivity contribution is -0.123. The van der Waals surface area contributed by atoms with Crippen molar-refractivity contribution in [2.45, 2.75) is 58.9 Å². The highest BCUT2D eigenvalue weighted by Crippen LogP contribution is 2.33. The molecule has 0 aliphatic carbocycles. The molecular weight excluding hydrogens is 564 g/mol. The van der Waals surface area contributed by atoms with Crippen molar-refractivity contribution in [3.05, 3.63) is 51.5 Å². The number of anilines is 1. The number of phenols is 1. The van der Waals surface area contributed by atoms with E-state index in [0.29, 0.717) is 11.3 Å². The van der Waals surface area contributed by atoms with Crippen LogP contribution in [0, 0.1) is 13.8 Å². The maximum atomic E-state index is 12.7. The predicted octanol–water partition coefficient (Wildman–Crippen LogP) is 5.40. The number of amides is 1. The van der Waals surface area contributed by atoms with E-state index in [9.17, 15) is 18.3 Å². The summed E-state index contributed by atoms with van der Waals surface area (Å²) < 4.78 is 39.2. The summed E-state index contributed by atoms with van der Waals surface area (Å²) in [7, 11) is -5.68. The highest BCUT2D eigenvalue weighted by molar-refractivity contribution is 9.10. The largest absolute Gasteiger partial charge is 0.506 e. The fraction of sp³-hybridized carbons (Fsp3) is 0.480. The molecule has 0 saturated heterocycles. The smallest absolute Gasteiger partial charge is 0.258 e. The summed E-state index contributed by atoms with van der Waals surface area (Å²) in [5.74, 6) is 0.123. The van der Waals surface area contributed by atoms with Crippen molar-refractivity contribution in [3.63, 3.8) is 0 Å². The van der Waals surface area contributed by atoms with Crippen LogP contribution >= 0.6 is 15.9 Å². The van der Waals surface area contributed by atoms with Gasteiger partial charge < -0.3 is 19.6 Å². The highest BCUT2D eigenvalue weighted by Gasteiger charge is 2.33. The number of aryl methyl sites for hydroxylation is 2. The Morgan fingerprint density at radius 2 is 1.67 bits per heavy atom. The van der Waals surface area contributed by atoms with Crippen LogP contribution in [0.5, 0.6) is 11.5 Å². The second-order valence-electron chi connectivity index (χ2n) is 8.96. The van der Waals surface area contributed by atoms with Gasteiger partial charge in [0.05, 0.1) is 18.0 Å². The summed E-state index contributed by atoms with van der Waals surface area (Å²) >= 11 is 3.52. The van der Waals surface area contributed by atoms with E-state index in [4.69, 9.17) is 9.16 Å². The van der Waals surface area contributed by atoms with Gasteiger partial charge in [-0.3, -0.25) is 9.52 Å². The molecule has 0 bridgehead atoms. The predicted molar refractivity (Wildman–Crippen MR) is 150 cm³/mol. The molecule has 0 aromatic heterocycles. The van der Waals surface area contributed by atoms with Gasteiger partial charge in [0.15, 0.2) is 14.9 Å². The number of carbonyl (C=O) groups is 1. The van der Waals surface area contributed by atoms with Gasteiger partial charge in [-0.2, -0.15) is 0 Å². The average molecular weight is 602 g/mol. The molecule has 0 unspecified atom stereocenters. The monoisotopic (exact) mass is 600 g/mol. The molecule has 200 valence electrons. The number of benzene rings is 2. The standard InChI is InChI=1S/C25H37BrN2O6SSi/c1-7-36(8-2,9-3)34-23(19-10-11-22(29)21(14-19)28-35(6,31)32)15-27-24(30)16-33-20-12-17(4)25(26)18(5)13-20/h10-14,23,28-29H,7-9,15-16H2,1-6H3,(H,27,30)/t23-/m1/s1. The van der Waals surface area contributed by atoms with Crippen LogP contribution in [0.4, 0.5) is 5.69 Å². The van der Waals surface area contributed by atoms with Gasteiger partial charge in [0.2, 0.25) is 10.0 Å². The topological polar surface area (TPSA) is 114 Å². The minimum absolute atomic E-state index is 0.0657. The van der Waals surface area contributed by atoms with Gasteiger partial charge in [-0.25, -0.2) is 8.42 Å². The van der Waals surface area contributed by atoms with Gasteiger partial charge in [-0.15, -0.1) is 0 Å². The van der Waals surface area contributed by atoms with Crippen LogP contribution < -0.4 is 14.8 Å². The van der Waals surface area contributed by atoms with Gasteiger partial charge in [-0.05, 0) is 72.9 Å². The Labute approximate surface area is 224 Å². The van der Waals surface area contributed by atoms with Gasteiger partial charge in [0.25, 0.3) is 5.91 Å². The lowest BCUT2D eigenvalue weighted by Gasteiger charge is -2.34. The molecule has 1 atom stereocenters. The zero-order chi connectivity index (χ0) is 27.1. The number of hydrogen-bond donors (Lipinski definition) is 3. The zero-order valence-corrected chi connectivity index (χ0v) is 25.2. The van der Waals surface area contributed by atoms with E-state index in [1.165, 1.54) is 6.07 Å². The van der Waals surface area contributed by atoms with E-state index in [-0.39, 0.29) is 30.5 Å². The normalized spacial score (nSPS) is 12.8. The van der Waals surface area contributed by atoms with Crippen LogP contribution in [-0.2, 0) is 19.2 Å². The number of hydrogen-bond acceptors (Lipinski definition) is 6. The number of carbonyl (C=O) groups excluding carboxylic acids is 1. The van der Waals surface area contributed by atoms with E-state index < -0.39 is 24.4 Å². The van der Waals surface area contributed by atoms with Crippen molar-refractivity contribution in [2.24, 2.45) is 0 Å². The first-order valence-electron chi connectivity index (χ1n) is 12.0. The molecule has 0 heterocycles. The third kappa shape index (κ3) is 8.50. The lowest BCUT2D eigenvalue weighted by Crippen LogP contribution is -2.41. The Morgan fingerprint density at radius 3 is 2.19 bits per heavy atom. The first-order chi connectivity index (χ1) is 16.8. The van der Waals surface area contributed by atoms with Crippen molar-refractivity contribution in [3.8, 4) is 11.5 Å². The number of ether oxygens (including phenoxy) is 1. The van der Waals surface area contributed by atoms with Crippen molar-refractivity contribution in [1.29, 1.82) is 0 Å². The molecule has 0 spiro atoms. The number of halogens is 1. The fourth-order valence-electron chi connectivity index (χ4n) is 3.96. The molecule has 36 heavy (non-hydrogen) atoms. The van der Waals surface area contributed by atoms with Crippen molar-refractivity contribution in [2.75, 3.05) is 24.1 Å². The third-order valence-corrected chi connectivity index (χ3v) is 12.8. The van der Waals surface area contributed by atoms with Crippen molar-refractivity contribution >= 4 is 45.9 Å². The van der Waals surface area contributed by atoms with Gasteiger partial charge in [0, 0.05) is 11.0 Å². The average Bonchev–Trinajstić information content (AvgIpc) is 2.82. The SMILES string of the molecule is CC[Si](CC)(CC)O[C@H](CNC(=O)COc1cc(C)c(Br)c(C)c1)c1ccc(O)c(NS(C)(=O)=O)c1. The molecule has 0 saturated carbocycles. The van der Waals surface area contributed by atoms with Crippen molar-refractivity contribution < 1.29 is 27.5 Å². The first-order valence-corrected chi connectivity index (χ1v) is 17.2. The molecule has 1 amide bonds. The summed E-state index contributed by atoms with van der Waals surface area (Å²) in [5, 5.41) is 13.0. The van der Waals surface area contributed by atoms with E-state index >= 15 is 0 Å². The molecule has 8 nitrogen and oxygen atoms in total. The van der Waals surface area contributed by atoms with Crippen LogP contribution in [0.1, 0.15) is 43.6 Å². The molecule has 11 heteroatoms.